The highest BCUT2D eigenvalue weighted by Crippen LogP contribution is 2.19. The van der Waals surface area contributed by atoms with E-state index in [4.69, 9.17) is 9.84 Å². The number of Topliss-reactive ketones (excluding diaryl/α,β-unsaturated/α-hetero) is 1. The van der Waals surface area contributed by atoms with Crippen LogP contribution in [0.3, 0.4) is 0 Å². The van der Waals surface area contributed by atoms with Crippen molar-refractivity contribution >= 4 is 11.8 Å². The monoisotopic (exact) mass is 214 g/mol. The molecule has 0 bridgehead atoms. The molecule has 5 nitrogen and oxygen atoms in total. The molecule has 0 saturated heterocycles. The third-order valence-corrected chi connectivity index (χ3v) is 2.27. The van der Waals surface area contributed by atoms with Crippen LogP contribution in [-0.2, 0) is 19.1 Å². The average molecular weight is 214 g/mol. The van der Waals surface area contributed by atoms with E-state index in [2.05, 4.69) is 4.74 Å². The smallest absolute Gasteiger partial charge is 0.334 e. The molecule has 15 heavy (non-hydrogen) atoms. The fourth-order valence-electron chi connectivity index (χ4n) is 1.50. The molecular formula is C10H14O5. The van der Waals surface area contributed by atoms with Crippen molar-refractivity contribution in [2.75, 3.05) is 26.9 Å². The van der Waals surface area contributed by atoms with Gasteiger partial charge in [-0.05, 0) is 6.42 Å². The van der Waals surface area contributed by atoms with Crippen molar-refractivity contribution in [2.24, 2.45) is 0 Å². The third-order valence-electron chi connectivity index (χ3n) is 2.27. The van der Waals surface area contributed by atoms with E-state index in [1.165, 1.54) is 7.11 Å². The minimum atomic E-state index is -0.587. The van der Waals surface area contributed by atoms with Crippen molar-refractivity contribution in [3.63, 3.8) is 0 Å². The van der Waals surface area contributed by atoms with E-state index in [0.717, 1.165) is 0 Å². The Hall–Kier alpha value is -1.20. The molecule has 0 radical (unpaired) electrons. The Balaban J connectivity index is 2.99. The molecule has 0 aromatic rings. The fourth-order valence-corrected chi connectivity index (χ4v) is 1.50. The van der Waals surface area contributed by atoms with Gasteiger partial charge in [0, 0.05) is 17.6 Å². The van der Waals surface area contributed by atoms with Crippen LogP contribution in [0.15, 0.2) is 11.1 Å². The Bertz CT molecular complexity index is 264. The predicted molar refractivity (Wildman–Crippen MR) is 51.2 cm³/mol. The fraction of sp³-hybridized carbons (Fsp3) is 0.600. The van der Waals surface area contributed by atoms with E-state index in [0.29, 0.717) is 37.2 Å². The Morgan fingerprint density at radius 1 is 1.33 bits per heavy atom. The van der Waals surface area contributed by atoms with Crippen LogP contribution in [0.5, 0.6) is 0 Å². The van der Waals surface area contributed by atoms with E-state index in [-0.39, 0.29) is 0 Å². The maximum absolute atomic E-state index is 11.4. The van der Waals surface area contributed by atoms with Crippen LogP contribution >= 0.6 is 0 Å². The lowest BCUT2D eigenvalue weighted by Gasteiger charge is -2.07. The zero-order valence-electron chi connectivity index (χ0n) is 8.62. The quantitative estimate of drug-likeness (QED) is 0.660. The maximum Gasteiger partial charge on any atom is 0.334 e. The van der Waals surface area contributed by atoms with Gasteiger partial charge >= 0.3 is 5.97 Å². The highest BCUT2D eigenvalue weighted by Gasteiger charge is 2.22. The molecular weight excluding hydrogens is 200 g/mol. The molecule has 0 atom stereocenters. The first-order valence-corrected chi connectivity index (χ1v) is 4.72. The molecule has 1 aliphatic heterocycles. The molecule has 0 aliphatic carbocycles. The molecule has 0 unspecified atom stereocenters. The lowest BCUT2D eigenvalue weighted by molar-refractivity contribution is -0.136. The Morgan fingerprint density at radius 2 is 1.93 bits per heavy atom. The molecule has 0 spiro atoms. The lowest BCUT2D eigenvalue weighted by Crippen LogP contribution is -2.16. The van der Waals surface area contributed by atoms with Gasteiger partial charge < -0.3 is 14.6 Å². The number of carbonyl (C=O) groups is 2. The van der Waals surface area contributed by atoms with Crippen molar-refractivity contribution in [2.45, 2.75) is 12.8 Å². The summed E-state index contributed by atoms with van der Waals surface area (Å²) in [6, 6.07) is 0. The molecule has 1 aliphatic rings. The number of ether oxygens (including phenoxy) is 2. The van der Waals surface area contributed by atoms with Crippen LogP contribution in [0, 0.1) is 0 Å². The second-order valence-electron chi connectivity index (χ2n) is 3.14. The van der Waals surface area contributed by atoms with Crippen LogP contribution < -0.4 is 0 Å². The summed E-state index contributed by atoms with van der Waals surface area (Å²) in [4.78, 5) is 22.8. The zero-order chi connectivity index (χ0) is 11.3. The summed E-state index contributed by atoms with van der Waals surface area (Å²) < 4.78 is 9.74. The second-order valence-corrected chi connectivity index (χ2v) is 3.14. The summed E-state index contributed by atoms with van der Waals surface area (Å²) >= 11 is 0. The number of hydrogen-bond acceptors (Lipinski definition) is 5. The van der Waals surface area contributed by atoms with Crippen molar-refractivity contribution in [3.05, 3.63) is 11.1 Å². The van der Waals surface area contributed by atoms with E-state index < -0.39 is 18.4 Å². The van der Waals surface area contributed by atoms with Gasteiger partial charge in [-0.15, -0.1) is 0 Å². The summed E-state index contributed by atoms with van der Waals surface area (Å²) in [5.41, 5.74) is 0.663. The normalized spacial score (nSPS) is 17.2. The van der Waals surface area contributed by atoms with Gasteiger partial charge in [0.1, 0.15) is 6.61 Å². The van der Waals surface area contributed by atoms with Crippen LogP contribution in [0.4, 0.5) is 0 Å². The zero-order valence-corrected chi connectivity index (χ0v) is 8.62. The first-order chi connectivity index (χ1) is 7.20. The van der Waals surface area contributed by atoms with Gasteiger partial charge in [0.25, 0.3) is 0 Å². The Labute approximate surface area is 87.7 Å². The standard InChI is InChI=1S/C10H14O5/c1-14-10(13)8-3-5-15-4-2-7(8)9(12)6-11/h11H,2-6H2,1H3. The SMILES string of the molecule is COC(=O)C1=C(C(=O)CO)CCOCC1. The van der Waals surface area contributed by atoms with Gasteiger partial charge in [0.05, 0.1) is 20.3 Å². The number of aliphatic hydroxyl groups is 1. The first kappa shape index (κ1) is 11.9. The maximum atomic E-state index is 11.4. The third kappa shape index (κ3) is 2.87. The Morgan fingerprint density at radius 3 is 2.47 bits per heavy atom. The van der Waals surface area contributed by atoms with Gasteiger partial charge in [-0.25, -0.2) is 4.79 Å². The van der Waals surface area contributed by atoms with E-state index in [1.807, 2.05) is 0 Å². The van der Waals surface area contributed by atoms with Crippen LogP contribution in [0.25, 0.3) is 0 Å². The second kappa shape index (κ2) is 5.63. The lowest BCUT2D eigenvalue weighted by atomic mass is 10.00. The molecule has 5 heteroatoms. The van der Waals surface area contributed by atoms with Gasteiger partial charge in [0.15, 0.2) is 5.78 Å². The van der Waals surface area contributed by atoms with Crippen molar-refractivity contribution in [1.82, 2.24) is 0 Å². The molecule has 0 amide bonds. The highest BCUT2D eigenvalue weighted by molar-refractivity contribution is 6.04. The molecule has 1 rings (SSSR count). The van der Waals surface area contributed by atoms with E-state index in [1.54, 1.807) is 0 Å². The summed E-state index contributed by atoms with van der Waals surface area (Å²) in [6.45, 7) is 0.198. The number of rotatable bonds is 3. The molecule has 0 saturated carbocycles. The summed E-state index contributed by atoms with van der Waals surface area (Å²) in [5.74, 6) is -0.946. The number of carbonyl (C=O) groups excluding carboxylic acids is 2. The van der Waals surface area contributed by atoms with Gasteiger partial charge in [0.2, 0.25) is 0 Å². The largest absolute Gasteiger partial charge is 0.466 e. The minimum Gasteiger partial charge on any atom is -0.466 e. The topological polar surface area (TPSA) is 72.8 Å². The summed E-state index contributed by atoms with van der Waals surface area (Å²) in [7, 11) is 1.27. The molecule has 0 fully saturated rings. The summed E-state index contributed by atoms with van der Waals surface area (Å²) in [6.07, 6.45) is 0.706. The van der Waals surface area contributed by atoms with Crippen molar-refractivity contribution < 1.29 is 24.2 Å². The minimum absolute atomic E-state index is 0.328. The van der Waals surface area contributed by atoms with Crippen LogP contribution in [0.2, 0.25) is 0 Å². The predicted octanol–water partition coefficient (Wildman–Crippen LogP) is -0.172. The Kier molecular flexibility index (Phi) is 4.45. The molecule has 0 aromatic carbocycles. The summed E-state index contributed by atoms with van der Waals surface area (Å²) in [5, 5.41) is 8.77. The van der Waals surface area contributed by atoms with Crippen LogP contribution in [0.1, 0.15) is 12.8 Å². The molecule has 1 N–H and O–H groups in total. The molecule has 1 heterocycles. The van der Waals surface area contributed by atoms with Crippen molar-refractivity contribution in [3.8, 4) is 0 Å². The van der Waals surface area contributed by atoms with Gasteiger partial charge in [-0.3, -0.25) is 4.79 Å². The number of aliphatic hydroxyl groups excluding tert-OH is 1. The first-order valence-electron chi connectivity index (χ1n) is 4.72. The number of methoxy groups -OCH3 is 1. The molecule has 0 aromatic heterocycles. The average Bonchev–Trinajstić information content (AvgIpc) is 2.52. The highest BCUT2D eigenvalue weighted by atomic mass is 16.5. The van der Waals surface area contributed by atoms with Gasteiger partial charge in [-0.2, -0.15) is 0 Å². The van der Waals surface area contributed by atoms with Crippen molar-refractivity contribution in [1.29, 1.82) is 0 Å². The number of hydrogen-bond donors (Lipinski definition) is 1. The van der Waals surface area contributed by atoms with Crippen LogP contribution in [-0.4, -0.2) is 43.8 Å². The van der Waals surface area contributed by atoms with E-state index in [9.17, 15) is 9.59 Å². The number of ketones is 1. The van der Waals surface area contributed by atoms with Gasteiger partial charge in [-0.1, -0.05) is 0 Å². The van der Waals surface area contributed by atoms with E-state index >= 15 is 0 Å². The molecule has 84 valence electrons. The number of esters is 1.